The molecule has 2 unspecified atom stereocenters. The molecule has 0 bridgehead atoms. The van der Waals surface area contributed by atoms with E-state index in [0.717, 1.165) is 25.7 Å². The minimum absolute atomic E-state index is 0.133. The number of nitrogens with zero attached hydrogens (tertiary/aromatic N) is 2. The fourth-order valence-corrected chi connectivity index (χ4v) is 3.03. The highest BCUT2D eigenvalue weighted by atomic mass is 16.1. The average Bonchev–Trinajstić information content (AvgIpc) is 2.36. The van der Waals surface area contributed by atoms with Gasteiger partial charge in [0.2, 0.25) is 0 Å². The fourth-order valence-electron chi connectivity index (χ4n) is 3.03. The molecule has 0 spiro atoms. The Hall–Kier alpha value is -0.410. The van der Waals surface area contributed by atoms with Crippen LogP contribution >= 0.6 is 0 Å². The van der Waals surface area contributed by atoms with Gasteiger partial charge in [0, 0.05) is 32.1 Å². The number of fused-ring (bicyclic) bond motifs is 1. The van der Waals surface area contributed by atoms with E-state index in [1.165, 1.54) is 25.8 Å². The maximum absolute atomic E-state index is 11.7. The van der Waals surface area contributed by atoms with Gasteiger partial charge in [0.1, 0.15) is 5.78 Å². The highest BCUT2D eigenvalue weighted by Gasteiger charge is 2.32. The van der Waals surface area contributed by atoms with E-state index in [4.69, 9.17) is 0 Å². The molecular formula is C13H24N2O. The molecule has 16 heavy (non-hydrogen) atoms. The minimum Gasteiger partial charge on any atom is -0.298 e. The van der Waals surface area contributed by atoms with E-state index in [0.29, 0.717) is 12.2 Å². The third-order valence-electron chi connectivity index (χ3n) is 4.23. The summed E-state index contributed by atoms with van der Waals surface area (Å²) < 4.78 is 0. The van der Waals surface area contributed by atoms with Gasteiger partial charge in [0.15, 0.2) is 0 Å². The topological polar surface area (TPSA) is 23.6 Å². The Kier molecular flexibility index (Phi) is 3.98. The van der Waals surface area contributed by atoms with Crippen molar-refractivity contribution in [3.63, 3.8) is 0 Å². The molecule has 0 aromatic heterocycles. The summed E-state index contributed by atoms with van der Waals surface area (Å²) in [7, 11) is 0. The maximum atomic E-state index is 11.7. The van der Waals surface area contributed by atoms with Crippen LogP contribution in [0.25, 0.3) is 0 Å². The van der Waals surface area contributed by atoms with E-state index in [1.54, 1.807) is 0 Å². The van der Waals surface area contributed by atoms with Crippen LogP contribution in [0.5, 0.6) is 0 Å². The highest BCUT2D eigenvalue weighted by Crippen LogP contribution is 2.22. The molecule has 92 valence electrons. The van der Waals surface area contributed by atoms with Gasteiger partial charge in [0.05, 0.1) is 6.04 Å². The van der Waals surface area contributed by atoms with Crippen molar-refractivity contribution in [3.05, 3.63) is 0 Å². The highest BCUT2D eigenvalue weighted by molar-refractivity contribution is 5.83. The predicted molar refractivity (Wildman–Crippen MR) is 65.5 cm³/mol. The molecule has 3 heteroatoms. The van der Waals surface area contributed by atoms with Crippen molar-refractivity contribution < 1.29 is 4.79 Å². The molecule has 0 radical (unpaired) electrons. The summed E-state index contributed by atoms with van der Waals surface area (Å²) in [6.45, 7) is 8.65. The largest absolute Gasteiger partial charge is 0.298 e. The number of ketones is 1. The normalized spacial score (nSPS) is 29.8. The lowest BCUT2D eigenvalue weighted by molar-refractivity contribution is -0.124. The third kappa shape index (κ3) is 2.46. The number of Topliss-reactive ketones (excluding diaryl/α,β-unsaturated/α-hetero) is 1. The van der Waals surface area contributed by atoms with Crippen molar-refractivity contribution >= 4 is 5.78 Å². The molecular weight excluding hydrogens is 200 g/mol. The number of rotatable bonds is 3. The first-order valence-electron chi connectivity index (χ1n) is 6.73. The van der Waals surface area contributed by atoms with E-state index in [9.17, 15) is 4.79 Å². The summed E-state index contributed by atoms with van der Waals surface area (Å²) in [4.78, 5) is 16.7. The molecule has 0 saturated carbocycles. The molecule has 2 rings (SSSR count). The summed E-state index contributed by atoms with van der Waals surface area (Å²) in [5.41, 5.74) is 0. The lowest BCUT2D eigenvalue weighted by Gasteiger charge is -2.45. The Morgan fingerprint density at radius 1 is 1.31 bits per heavy atom. The summed E-state index contributed by atoms with van der Waals surface area (Å²) >= 11 is 0. The summed E-state index contributed by atoms with van der Waals surface area (Å²) in [5.74, 6) is 0.393. The van der Waals surface area contributed by atoms with Gasteiger partial charge >= 0.3 is 0 Å². The summed E-state index contributed by atoms with van der Waals surface area (Å²) in [6.07, 6.45) is 4.72. The van der Waals surface area contributed by atoms with Gasteiger partial charge in [-0.1, -0.05) is 13.3 Å². The second kappa shape index (κ2) is 5.28. The fraction of sp³-hybridized carbons (Fsp3) is 0.923. The second-order valence-electron chi connectivity index (χ2n) is 5.18. The zero-order valence-electron chi connectivity index (χ0n) is 10.6. The van der Waals surface area contributed by atoms with Crippen LogP contribution in [0, 0.1) is 0 Å². The van der Waals surface area contributed by atoms with Crippen LogP contribution in [0.2, 0.25) is 0 Å². The first-order chi connectivity index (χ1) is 7.72. The van der Waals surface area contributed by atoms with Crippen LogP contribution in [0.15, 0.2) is 0 Å². The quantitative estimate of drug-likeness (QED) is 0.726. The standard InChI is InChI=1S/C13H24N2O/c1-3-13(16)11(2)15-9-8-14-7-5-4-6-12(14)10-15/h11-12H,3-10H2,1-2H3. The Labute approximate surface area is 98.8 Å². The molecule has 0 N–H and O–H groups in total. The smallest absolute Gasteiger partial charge is 0.149 e. The van der Waals surface area contributed by atoms with Gasteiger partial charge in [-0.25, -0.2) is 0 Å². The molecule has 0 aromatic rings. The number of carbonyl (C=O) groups excluding carboxylic acids is 1. The first kappa shape index (κ1) is 12.1. The maximum Gasteiger partial charge on any atom is 0.149 e. The Morgan fingerprint density at radius 2 is 2.12 bits per heavy atom. The first-order valence-corrected chi connectivity index (χ1v) is 6.73. The van der Waals surface area contributed by atoms with E-state index >= 15 is 0 Å². The van der Waals surface area contributed by atoms with Crippen LogP contribution in [-0.2, 0) is 4.79 Å². The van der Waals surface area contributed by atoms with Gasteiger partial charge < -0.3 is 0 Å². The minimum atomic E-state index is 0.133. The second-order valence-corrected chi connectivity index (χ2v) is 5.18. The van der Waals surface area contributed by atoms with Gasteiger partial charge in [-0.05, 0) is 26.3 Å². The van der Waals surface area contributed by atoms with E-state index in [-0.39, 0.29) is 6.04 Å². The van der Waals surface area contributed by atoms with E-state index in [1.807, 2.05) is 6.92 Å². The summed E-state index contributed by atoms with van der Waals surface area (Å²) in [6, 6.07) is 0.851. The molecule has 0 aromatic carbocycles. The van der Waals surface area contributed by atoms with Gasteiger partial charge in [-0.2, -0.15) is 0 Å². The van der Waals surface area contributed by atoms with Crippen molar-refractivity contribution in [1.29, 1.82) is 0 Å². The molecule has 2 aliphatic heterocycles. The van der Waals surface area contributed by atoms with Crippen molar-refractivity contribution in [2.24, 2.45) is 0 Å². The average molecular weight is 224 g/mol. The predicted octanol–water partition coefficient (Wildman–Crippen LogP) is 1.52. The molecule has 0 amide bonds. The van der Waals surface area contributed by atoms with Crippen molar-refractivity contribution in [2.75, 3.05) is 26.2 Å². The number of piperidine rings is 1. The lowest BCUT2D eigenvalue weighted by atomic mass is 9.98. The van der Waals surface area contributed by atoms with Crippen molar-refractivity contribution in [3.8, 4) is 0 Å². The summed E-state index contributed by atoms with van der Waals surface area (Å²) in [5, 5.41) is 0. The Bertz CT molecular complexity index is 254. The van der Waals surface area contributed by atoms with Gasteiger partial charge in [-0.15, -0.1) is 0 Å². The van der Waals surface area contributed by atoms with E-state index in [2.05, 4.69) is 16.7 Å². The van der Waals surface area contributed by atoms with Crippen LogP contribution in [0.3, 0.4) is 0 Å². The van der Waals surface area contributed by atoms with Crippen LogP contribution in [-0.4, -0.2) is 53.8 Å². The Balaban J connectivity index is 1.91. The molecule has 2 heterocycles. The van der Waals surface area contributed by atoms with Gasteiger partial charge in [0.25, 0.3) is 0 Å². The van der Waals surface area contributed by atoms with Gasteiger partial charge in [-0.3, -0.25) is 14.6 Å². The van der Waals surface area contributed by atoms with Crippen LogP contribution in [0.4, 0.5) is 0 Å². The van der Waals surface area contributed by atoms with E-state index < -0.39 is 0 Å². The zero-order valence-corrected chi connectivity index (χ0v) is 10.6. The third-order valence-corrected chi connectivity index (χ3v) is 4.23. The number of carbonyl (C=O) groups is 1. The molecule has 2 atom stereocenters. The number of hydrogen-bond donors (Lipinski definition) is 0. The zero-order chi connectivity index (χ0) is 11.5. The molecule has 2 saturated heterocycles. The monoisotopic (exact) mass is 224 g/mol. The van der Waals surface area contributed by atoms with Crippen LogP contribution < -0.4 is 0 Å². The SMILES string of the molecule is CCC(=O)C(C)N1CCN2CCCCC2C1. The number of piperazine rings is 1. The number of hydrogen-bond acceptors (Lipinski definition) is 3. The molecule has 2 aliphatic rings. The molecule has 2 fully saturated rings. The molecule has 0 aliphatic carbocycles. The van der Waals surface area contributed by atoms with Crippen molar-refractivity contribution in [1.82, 2.24) is 9.80 Å². The van der Waals surface area contributed by atoms with Crippen LogP contribution in [0.1, 0.15) is 39.5 Å². The van der Waals surface area contributed by atoms with Crippen molar-refractivity contribution in [2.45, 2.75) is 51.6 Å². The molecule has 3 nitrogen and oxygen atoms in total. The lowest BCUT2D eigenvalue weighted by Crippen LogP contribution is -2.57. The Morgan fingerprint density at radius 3 is 2.88 bits per heavy atom.